The van der Waals surface area contributed by atoms with Crippen LogP contribution in [0.3, 0.4) is 0 Å². The molecule has 0 aliphatic rings. The highest BCUT2D eigenvalue weighted by Crippen LogP contribution is 2.28. The molecular formula is C16H21N3O. The summed E-state index contributed by atoms with van der Waals surface area (Å²) in [4.78, 5) is 8.71. The molecule has 4 heteroatoms. The Kier molecular flexibility index (Phi) is 4.56. The molecule has 0 aliphatic heterocycles. The third kappa shape index (κ3) is 3.07. The highest BCUT2D eigenvalue weighted by Gasteiger charge is 2.11. The van der Waals surface area contributed by atoms with Crippen LogP contribution in [0.25, 0.3) is 11.3 Å². The van der Waals surface area contributed by atoms with E-state index >= 15 is 0 Å². The highest BCUT2D eigenvalue weighted by molar-refractivity contribution is 5.69. The molecule has 0 fully saturated rings. The average Bonchev–Trinajstić information content (AvgIpc) is 2.45. The van der Waals surface area contributed by atoms with E-state index in [1.807, 2.05) is 45.2 Å². The maximum absolute atomic E-state index is 5.75. The molecule has 1 N–H and O–H groups in total. The van der Waals surface area contributed by atoms with Crippen molar-refractivity contribution in [3.05, 3.63) is 36.2 Å². The van der Waals surface area contributed by atoms with Gasteiger partial charge in [-0.2, -0.15) is 0 Å². The molecule has 0 spiro atoms. The van der Waals surface area contributed by atoms with Crippen molar-refractivity contribution in [1.29, 1.82) is 0 Å². The molecule has 0 bridgehead atoms. The van der Waals surface area contributed by atoms with E-state index in [0.717, 1.165) is 34.8 Å². The van der Waals surface area contributed by atoms with E-state index in [9.17, 15) is 0 Å². The molecule has 4 nitrogen and oxygen atoms in total. The van der Waals surface area contributed by atoms with Crippen molar-refractivity contribution in [1.82, 2.24) is 9.97 Å². The Morgan fingerprint density at radius 2 is 2.05 bits per heavy atom. The minimum Gasteiger partial charge on any atom is -0.491 e. The molecule has 2 aromatic rings. The van der Waals surface area contributed by atoms with Gasteiger partial charge in [-0.25, -0.2) is 9.97 Å². The Balaban J connectivity index is 2.46. The van der Waals surface area contributed by atoms with Crippen LogP contribution in [0.5, 0.6) is 5.75 Å². The van der Waals surface area contributed by atoms with Gasteiger partial charge < -0.3 is 10.1 Å². The van der Waals surface area contributed by atoms with Gasteiger partial charge in [0.2, 0.25) is 0 Å². The molecule has 1 aromatic heterocycles. The molecule has 1 heterocycles. The summed E-state index contributed by atoms with van der Waals surface area (Å²) in [6, 6.07) is 8.04. The van der Waals surface area contributed by atoms with Gasteiger partial charge in [0.15, 0.2) is 0 Å². The van der Waals surface area contributed by atoms with Gasteiger partial charge in [0.25, 0.3) is 0 Å². The summed E-state index contributed by atoms with van der Waals surface area (Å²) in [5.74, 6) is 1.75. The van der Waals surface area contributed by atoms with E-state index in [1.54, 1.807) is 6.33 Å². The number of ether oxygens (including phenoxy) is 1. The van der Waals surface area contributed by atoms with Gasteiger partial charge in [-0.3, -0.25) is 0 Å². The Morgan fingerprint density at radius 3 is 2.70 bits per heavy atom. The predicted octanol–water partition coefficient (Wildman–Crippen LogP) is 3.53. The molecule has 2 rings (SSSR count). The van der Waals surface area contributed by atoms with Gasteiger partial charge in [-0.05, 0) is 32.4 Å². The Morgan fingerprint density at radius 1 is 1.25 bits per heavy atom. The number of rotatable bonds is 5. The van der Waals surface area contributed by atoms with Gasteiger partial charge in [-0.15, -0.1) is 0 Å². The molecule has 0 amide bonds. The summed E-state index contributed by atoms with van der Waals surface area (Å²) in [6.45, 7) is 6.15. The van der Waals surface area contributed by atoms with Crippen molar-refractivity contribution in [3.63, 3.8) is 0 Å². The normalized spacial score (nSPS) is 10.7. The molecule has 20 heavy (non-hydrogen) atoms. The van der Waals surface area contributed by atoms with Gasteiger partial charge in [0.05, 0.1) is 11.8 Å². The van der Waals surface area contributed by atoms with Crippen molar-refractivity contribution < 1.29 is 4.74 Å². The van der Waals surface area contributed by atoms with Gasteiger partial charge in [0.1, 0.15) is 17.9 Å². The summed E-state index contributed by atoms with van der Waals surface area (Å²) in [5, 5.41) is 3.12. The zero-order valence-corrected chi connectivity index (χ0v) is 12.5. The van der Waals surface area contributed by atoms with Crippen LogP contribution >= 0.6 is 0 Å². The molecule has 1 aromatic carbocycles. The zero-order valence-electron chi connectivity index (χ0n) is 12.5. The van der Waals surface area contributed by atoms with Crippen molar-refractivity contribution in [2.75, 3.05) is 12.4 Å². The molecule has 106 valence electrons. The topological polar surface area (TPSA) is 47.0 Å². The summed E-state index contributed by atoms with van der Waals surface area (Å²) in [5.41, 5.74) is 3.14. The number of aromatic nitrogens is 2. The number of hydrogen-bond acceptors (Lipinski definition) is 4. The summed E-state index contributed by atoms with van der Waals surface area (Å²) in [6.07, 6.45) is 2.63. The van der Waals surface area contributed by atoms with Crippen LogP contribution in [0.2, 0.25) is 0 Å². The summed E-state index contributed by atoms with van der Waals surface area (Å²) in [7, 11) is 1.88. The fourth-order valence-corrected chi connectivity index (χ4v) is 2.20. The van der Waals surface area contributed by atoms with Crippen LogP contribution in [0.15, 0.2) is 30.6 Å². The highest BCUT2D eigenvalue weighted by atomic mass is 16.5. The summed E-state index contributed by atoms with van der Waals surface area (Å²) >= 11 is 0. The predicted molar refractivity (Wildman–Crippen MR) is 82.2 cm³/mol. The lowest BCUT2D eigenvalue weighted by molar-refractivity contribution is 0.242. The van der Waals surface area contributed by atoms with E-state index in [4.69, 9.17) is 4.74 Å². The molecule has 0 saturated carbocycles. The fraction of sp³-hybridized carbons (Fsp3) is 0.375. The molecular weight excluding hydrogens is 250 g/mol. The molecule has 0 aliphatic carbocycles. The van der Waals surface area contributed by atoms with Crippen molar-refractivity contribution in [2.24, 2.45) is 0 Å². The van der Waals surface area contributed by atoms with E-state index in [2.05, 4.69) is 22.2 Å². The Bertz CT molecular complexity index is 582. The monoisotopic (exact) mass is 271 g/mol. The van der Waals surface area contributed by atoms with Gasteiger partial charge in [-0.1, -0.05) is 19.1 Å². The van der Waals surface area contributed by atoms with Crippen LogP contribution in [-0.2, 0) is 6.42 Å². The van der Waals surface area contributed by atoms with Crippen LogP contribution in [0.4, 0.5) is 5.82 Å². The largest absolute Gasteiger partial charge is 0.491 e. The fourth-order valence-electron chi connectivity index (χ4n) is 2.20. The van der Waals surface area contributed by atoms with Crippen molar-refractivity contribution >= 4 is 5.82 Å². The minimum atomic E-state index is 0.161. The van der Waals surface area contributed by atoms with E-state index in [-0.39, 0.29) is 6.10 Å². The molecule has 0 radical (unpaired) electrons. The van der Waals surface area contributed by atoms with E-state index in [1.165, 1.54) is 0 Å². The second-order valence-electron chi connectivity index (χ2n) is 4.85. The number of benzene rings is 1. The third-order valence-electron chi connectivity index (χ3n) is 3.01. The van der Waals surface area contributed by atoms with E-state index < -0.39 is 0 Å². The quantitative estimate of drug-likeness (QED) is 0.903. The molecule has 0 saturated heterocycles. The number of hydrogen-bond donors (Lipinski definition) is 1. The van der Waals surface area contributed by atoms with Gasteiger partial charge >= 0.3 is 0 Å². The smallest absolute Gasteiger partial charge is 0.132 e. The Hall–Kier alpha value is -2.10. The zero-order chi connectivity index (χ0) is 14.5. The maximum Gasteiger partial charge on any atom is 0.132 e. The Labute approximate surface area is 120 Å². The maximum atomic E-state index is 5.75. The summed E-state index contributed by atoms with van der Waals surface area (Å²) < 4.78 is 5.75. The van der Waals surface area contributed by atoms with Crippen molar-refractivity contribution in [2.45, 2.75) is 33.3 Å². The van der Waals surface area contributed by atoms with Crippen molar-refractivity contribution in [3.8, 4) is 17.0 Å². The molecule has 0 unspecified atom stereocenters. The first kappa shape index (κ1) is 14.3. The minimum absolute atomic E-state index is 0.161. The van der Waals surface area contributed by atoms with Crippen LogP contribution in [-0.4, -0.2) is 23.1 Å². The molecule has 0 atom stereocenters. The lowest BCUT2D eigenvalue weighted by atomic mass is 10.0. The third-order valence-corrected chi connectivity index (χ3v) is 3.01. The first-order valence-corrected chi connectivity index (χ1v) is 6.94. The first-order chi connectivity index (χ1) is 9.65. The number of nitrogens with one attached hydrogen (secondary N) is 1. The number of anilines is 1. The van der Waals surface area contributed by atoms with E-state index in [0.29, 0.717) is 0 Å². The average molecular weight is 271 g/mol. The second kappa shape index (κ2) is 6.37. The van der Waals surface area contributed by atoms with Crippen LogP contribution in [0, 0.1) is 0 Å². The van der Waals surface area contributed by atoms with Crippen LogP contribution in [0.1, 0.15) is 26.3 Å². The first-order valence-electron chi connectivity index (χ1n) is 6.94. The second-order valence-corrected chi connectivity index (χ2v) is 4.85. The standard InChI is InChI=1S/C16H21N3O/c1-5-14-15(18-10-19-16(14)17-4)12-7-6-8-13(9-12)20-11(2)3/h6-11H,5H2,1-4H3,(H,17,18,19). The lowest BCUT2D eigenvalue weighted by Crippen LogP contribution is -2.06. The van der Waals surface area contributed by atoms with Gasteiger partial charge in [0, 0.05) is 18.2 Å². The SMILES string of the molecule is CCc1c(NC)ncnc1-c1cccc(OC(C)C)c1. The number of nitrogens with zero attached hydrogens (tertiary/aromatic N) is 2. The lowest BCUT2D eigenvalue weighted by Gasteiger charge is -2.13. The van der Waals surface area contributed by atoms with Crippen LogP contribution < -0.4 is 10.1 Å².